The highest BCUT2D eigenvalue weighted by Gasteiger charge is 2.25. The van der Waals surface area contributed by atoms with Crippen molar-refractivity contribution in [2.45, 2.75) is 51.6 Å². The minimum Gasteiger partial charge on any atom is -0.326 e. The fourth-order valence-corrected chi connectivity index (χ4v) is 3.30. The van der Waals surface area contributed by atoms with Crippen molar-refractivity contribution >= 4 is 0 Å². The van der Waals surface area contributed by atoms with E-state index in [0.717, 1.165) is 12.5 Å². The summed E-state index contributed by atoms with van der Waals surface area (Å²) >= 11 is 0. The zero-order valence-corrected chi connectivity index (χ0v) is 11.6. The van der Waals surface area contributed by atoms with E-state index in [1.54, 1.807) is 0 Å². The zero-order chi connectivity index (χ0) is 12.3. The van der Waals surface area contributed by atoms with Gasteiger partial charge in [0.2, 0.25) is 0 Å². The van der Waals surface area contributed by atoms with Crippen molar-refractivity contribution in [2.24, 2.45) is 11.7 Å². The molecule has 1 saturated carbocycles. The molecule has 0 aromatic heterocycles. The highest BCUT2D eigenvalue weighted by molar-refractivity contribution is 4.83. The van der Waals surface area contributed by atoms with E-state index < -0.39 is 0 Å². The molecule has 1 heterocycles. The average molecular weight is 239 g/mol. The molecule has 1 aliphatic carbocycles. The smallest absolute Gasteiger partial charge is 0.0196 e. The first-order valence-corrected chi connectivity index (χ1v) is 7.39. The lowest BCUT2D eigenvalue weighted by atomic mass is 9.98. The molecule has 0 aromatic carbocycles. The molecule has 17 heavy (non-hydrogen) atoms. The van der Waals surface area contributed by atoms with Crippen molar-refractivity contribution in [2.75, 3.05) is 32.7 Å². The second kappa shape index (κ2) is 6.17. The van der Waals surface area contributed by atoms with Gasteiger partial charge in [-0.2, -0.15) is 0 Å². The van der Waals surface area contributed by atoms with E-state index in [1.807, 2.05) is 0 Å². The van der Waals surface area contributed by atoms with Gasteiger partial charge in [0.25, 0.3) is 0 Å². The molecule has 0 radical (unpaired) electrons. The summed E-state index contributed by atoms with van der Waals surface area (Å²) in [6.45, 7) is 10.6. The lowest BCUT2D eigenvalue weighted by Crippen LogP contribution is -2.52. The van der Waals surface area contributed by atoms with Crippen LogP contribution in [0.2, 0.25) is 0 Å². The lowest BCUT2D eigenvalue weighted by Gasteiger charge is -2.38. The van der Waals surface area contributed by atoms with Crippen LogP contribution in [0, 0.1) is 5.92 Å². The van der Waals surface area contributed by atoms with E-state index in [-0.39, 0.29) is 0 Å². The van der Waals surface area contributed by atoms with Gasteiger partial charge in [-0.25, -0.2) is 0 Å². The molecule has 3 heteroatoms. The molecular formula is C14H29N3. The Balaban J connectivity index is 1.70. The first-order chi connectivity index (χ1) is 8.16. The van der Waals surface area contributed by atoms with Crippen molar-refractivity contribution < 1.29 is 0 Å². The summed E-state index contributed by atoms with van der Waals surface area (Å²) in [7, 11) is 0. The first-order valence-electron chi connectivity index (χ1n) is 7.39. The van der Waals surface area contributed by atoms with E-state index >= 15 is 0 Å². The molecule has 100 valence electrons. The lowest BCUT2D eigenvalue weighted by molar-refractivity contribution is 0.0991. The standard InChI is InChI=1S/C14H29N3/c1-12(2)17-9-7-16(8-10-17)11-14(15)13-5-3-4-6-13/h12-14H,3-11,15H2,1-2H3. The van der Waals surface area contributed by atoms with Gasteiger partial charge in [0.1, 0.15) is 0 Å². The molecule has 0 spiro atoms. The molecule has 2 aliphatic rings. The highest BCUT2D eigenvalue weighted by Crippen LogP contribution is 2.27. The van der Waals surface area contributed by atoms with Crippen LogP contribution in [0.15, 0.2) is 0 Å². The summed E-state index contributed by atoms with van der Waals surface area (Å²) in [5.74, 6) is 0.804. The fraction of sp³-hybridized carbons (Fsp3) is 1.00. The third-order valence-corrected chi connectivity index (χ3v) is 4.61. The maximum atomic E-state index is 6.35. The van der Waals surface area contributed by atoms with Crippen LogP contribution in [0.1, 0.15) is 39.5 Å². The molecule has 1 unspecified atom stereocenters. The van der Waals surface area contributed by atoms with Gasteiger partial charge in [0.05, 0.1) is 0 Å². The van der Waals surface area contributed by atoms with E-state index in [9.17, 15) is 0 Å². The Morgan fingerprint density at radius 3 is 2.18 bits per heavy atom. The predicted molar refractivity (Wildman–Crippen MR) is 73.1 cm³/mol. The van der Waals surface area contributed by atoms with Crippen LogP contribution < -0.4 is 5.73 Å². The molecule has 3 nitrogen and oxygen atoms in total. The van der Waals surface area contributed by atoms with Crippen LogP contribution in [0.5, 0.6) is 0 Å². The van der Waals surface area contributed by atoms with Crippen LogP contribution in [0.3, 0.4) is 0 Å². The number of nitrogens with zero attached hydrogens (tertiary/aromatic N) is 2. The molecule has 0 aromatic rings. The number of hydrogen-bond donors (Lipinski definition) is 1. The van der Waals surface area contributed by atoms with Gasteiger partial charge in [-0.1, -0.05) is 12.8 Å². The van der Waals surface area contributed by atoms with Gasteiger partial charge in [-0.15, -0.1) is 0 Å². The molecule has 1 aliphatic heterocycles. The molecule has 0 amide bonds. The quantitative estimate of drug-likeness (QED) is 0.807. The summed E-state index contributed by atoms with van der Waals surface area (Å²) in [4.78, 5) is 5.14. The van der Waals surface area contributed by atoms with Gasteiger partial charge < -0.3 is 5.73 Å². The number of rotatable bonds is 4. The minimum absolute atomic E-state index is 0.420. The normalized spacial score (nSPS) is 26.8. The van der Waals surface area contributed by atoms with Crippen LogP contribution in [-0.4, -0.2) is 54.6 Å². The van der Waals surface area contributed by atoms with Crippen LogP contribution >= 0.6 is 0 Å². The molecule has 2 rings (SSSR count). The van der Waals surface area contributed by atoms with E-state index in [1.165, 1.54) is 51.9 Å². The maximum absolute atomic E-state index is 6.35. The van der Waals surface area contributed by atoms with Crippen molar-refractivity contribution in [3.05, 3.63) is 0 Å². The number of nitrogens with two attached hydrogens (primary N) is 1. The Kier molecular flexibility index (Phi) is 4.83. The van der Waals surface area contributed by atoms with Crippen molar-refractivity contribution in [1.29, 1.82) is 0 Å². The van der Waals surface area contributed by atoms with Crippen LogP contribution in [-0.2, 0) is 0 Å². The minimum atomic E-state index is 0.420. The number of hydrogen-bond acceptors (Lipinski definition) is 3. The Labute approximate surface area is 106 Å². The van der Waals surface area contributed by atoms with E-state index in [2.05, 4.69) is 23.6 Å². The Bertz CT molecular complexity index is 216. The Morgan fingerprint density at radius 2 is 1.65 bits per heavy atom. The summed E-state index contributed by atoms with van der Waals surface area (Å²) in [6, 6.07) is 1.11. The zero-order valence-electron chi connectivity index (χ0n) is 11.6. The van der Waals surface area contributed by atoms with Gasteiger partial charge in [-0.3, -0.25) is 9.80 Å². The van der Waals surface area contributed by atoms with E-state index in [0.29, 0.717) is 12.1 Å². The molecular weight excluding hydrogens is 210 g/mol. The topological polar surface area (TPSA) is 32.5 Å². The molecule has 1 atom stereocenters. The van der Waals surface area contributed by atoms with Gasteiger partial charge in [0, 0.05) is 44.8 Å². The second-order valence-corrected chi connectivity index (χ2v) is 6.14. The van der Waals surface area contributed by atoms with Gasteiger partial charge >= 0.3 is 0 Å². The fourth-order valence-electron chi connectivity index (χ4n) is 3.30. The molecule has 2 N–H and O–H groups in total. The van der Waals surface area contributed by atoms with Crippen molar-refractivity contribution in [3.63, 3.8) is 0 Å². The Hall–Kier alpha value is -0.120. The summed E-state index contributed by atoms with van der Waals surface area (Å²) in [5, 5.41) is 0. The molecule has 2 fully saturated rings. The van der Waals surface area contributed by atoms with Crippen molar-refractivity contribution in [3.8, 4) is 0 Å². The largest absolute Gasteiger partial charge is 0.326 e. The third-order valence-electron chi connectivity index (χ3n) is 4.61. The third kappa shape index (κ3) is 3.67. The van der Waals surface area contributed by atoms with Gasteiger partial charge in [-0.05, 0) is 32.6 Å². The van der Waals surface area contributed by atoms with Crippen molar-refractivity contribution in [1.82, 2.24) is 9.80 Å². The first kappa shape index (κ1) is 13.3. The monoisotopic (exact) mass is 239 g/mol. The second-order valence-electron chi connectivity index (χ2n) is 6.14. The summed E-state index contributed by atoms with van der Waals surface area (Å²) in [5.41, 5.74) is 6.35. The molecule has 0 bridgehead atoms. The molecule has 1 saturated heterocycles. The SMILES string of the molecule is CC(C)N1CCN(CC(N)C2CCCC2)CC1. The summed E-state index contributed by atoms with van der Waals surface area (Å²) in [6.07, 6.45) is 5.54. The van der Waals surface area contributed by atoms with Crippen LogP contribution in [0.25, 0.3) is 0 Å². The summed E-state index contributed by atoms with van der Waals surface area (Å²) < 4.78 is 0. The number of piperazine rings is 1. The Morgan fingerprint density at radius 1 is 1.06 bits per heavy atom. The average Bonchev–Trinajstić information content (AvgIpc) is 2.83. The highest BCUT2D eigenvalue weighted by atomic mass is 15.3. The van der Waals surface area contributed by atoms with E-state index in [4.69, 9.17) is 5.73 Å². The van der Waals surface area contributed by atoms with Crippen LogP contribution in [0.4, 0.5) is 0 Å². The van der Waals surface area contributed by atoms with Gasteiger partial charge in [0.15, 0.2) is 0 Å². The predicted octanol–water partition coefficient (Wildman–Crippen LogP) is 1.53. The maximum Gasteiger partial charge on any atom is 0.0196 e.